The number of ether oxygens (including phenoxy) is 3. The van der Waals surface area contributed by atoms with Crippen LogP contribution in [-0.4, -0.2) is 34.3 Å². The molecule has 1 saturated carbocycles. The zero-order chi connectivity index (χ0) is 18.0. The number of amides is 1. The maximum Gasteiger partial charge on any atom is 0.230 e. The van der Waals surface area contributed by atoms with Gasteiger partial charge < -0.3 is 19.1 Å². The molecular formula is C20H23NO4. The molecule has 1 aliphatic carbocycles. The molecule has 0 saturated heterocycles. The number of hydrogen-bond acceptors (Lipinski definition) is 4. The topological polar surface area (TPSA) is 48.0 Å². The van der Waals surface area contributed by atoms with Crippen LogP contribution in [0, 0.1) is 5.92 Å². The smallest absolute Gasteiger partial charge is 0.230 e. The molecule has 0 bridgehead atoms. The molecule has 0 aromatic heterocycles. The Labute approximate surface area is 148 Å². The normalized spacial score (nSPS) is 18.4. The zero-order valence-corrected chi connectivity index (χ0v) is 15.0. The first-order valence-corrected chi connectivity index (χ1v) is 8.22. The van der Waals surface area contributed by atoms with Crippen LogP contribution >= 0.6 is 0 Å². The zero-order valence-electron chi connectivity index (χ0n) is 15.0. The third kappa shape index (κ3) is 3.40. The van der Waals surface area contributed by atoms with Crippen molar-refractivity contribution in [1.82, 2.24) is 0 Å². The lowest BCUT2D eigenvalue weighted by atomic mass is 10.1. The monoisotopic (exact) mass is 341 g/mol. The number of nitrogens with zero attached hydrogens (tertiary/aromatic N) is 1. The average Bonchev–Trinajstić information content (AvgIpc) is 3.47. The van der Waals surface area contributed by atoms with Crippen LogP contribution in [0.5, 0.6) is 17.2 Å². The van der Waals surface area contributed by atoms with E-state index in [2.05, 4.69) is 0 Å². The lowest BCUT2D eigenvalue weighted by Crippen LogP contribution is -2.28. The van der Waals surface area contributed by atoms with Crippen molar-refractivity contribution in [2.75, 3.05) is 33.3 Å². The van der Waals surface area contributed by atoms with Crippen molar-refractivity contribution in [2.45, 2.75) is 12.3 Å². The Hall–Kier alpha value is -2.69. The molecule has 1 aliphatic rings. The van der Waals surface area contributed by atoms with Gasteiger partial charge in [-0.15, -0.1) is 0 Å². The van der Waals surface area contributed by atoms with E-state index in [4.69, 9.17) is 14.2 Å². The van der Waals surface area contributed by atoms with Crippen LogP contribution in [0.1, 0.15) is 17.9 Å². The third-order valence-corrected chi connectivity index (χ3v) is 4.74. The molecule has 132 valence electrons. The Morgan fingerprint density at radius 1 is 0.960 bits per heavy atom. The molecule has 5 nitrogen and oxygen atoms in total. The first-order chi connectivity index (χ1) is 12.1. The first-order valence-electron chi connectivity index (χ1n) is 8.22. The van der Waals surface area contributed by atoms with E-state index in [0.717, 1.165) is 17.9 Å². The van der Waals surface area contributed by atoms with E-state index in [0.29, 0.717) is 11.5 Å². The van der Waals surface area contributed by atoms with Gasteiger partial charge in [0.15, 0.2) is 11.5 Å². The Balaban J connectivity index is 1.71. The van der Waals surface area contributed by atoms with Gasteiger partial charge in [-0.05, 0) is 42.2 Å². The molecule has 0 radical (unpaired) electrons. The van der Waals surface area contributed by atoms with E-state index in [1.165, 1.54) is 5.56 Å². The van der Waals surface area contributed by atoms with E-state index in [-0.39, 0.29) is 17.7 Å². The predicted molar refractivity (Wildman–Crippen MR) is 96.8 cm³/mol. The van der Waals surface area contributed by atoms with Crippen LogP contribution in [-0.2, 0) is 4.79 Å². The van der Waals surface area contributed by atoms with Crippen molar-refractivity contribution in [3.05, 3.63) is 48.0 Å². The number of methoxy groups -OCH3 is 3. The van der Waals surface area contributed by atoms with Gasteiger partial charge in [0.25, 0.3) is 0 Å². The number of anilines is 1. The van der Waals surface area contributed by atoms with Crippen molar-refractivity contribution in [3.63, 3.8) is 0 Å². The number of carbonyl (C=O) groups is 1. The summed E-state index contributed by atoms with van der Waals surface area (Å²) in [5, 5.41) is 0. The van der Waals surface area contributed by atoms with E-state index in [1.807, 2.05) is 42.5 Å². The number of rotatable bonds is 6. The van der Waals surface area contributed by atoms with Crippen LogP contribution in [0.4, 0.5) is 5.69 Å². The van der Waals surface area contributed by atoms with Crippen molar-refractivity contribution in [2.24, 2.45) is 5.92 Å². The van der Waals surface area contributed by atoms with Crippen LogP contribution in [0.3, 0.4) is 0 Å². The lowest BCUT2D eigenvalue weighted by Gasteiger charge is -2.19. The standard InChI is InChI=1S/C20H23NO4/c1-21(14-7-10-18(24-3)19(11-14)25-4)20(22)17-12-16(17)13-5-8-15(23-2)9-6-13/h5-11,16-17H,12H2,1-4H3/t16-,17+/m1/s1. The van der Waals surface area contributed by atoms with E-state index >= 15 is 0 Å². The molecule has 0 spiro atoms. The molecule has 0 unspecified atom stereocenters. The number of benzene rings is 2. The summed E-state index contributed by atoms with van der Waals surface area (Å²) in [4.78, 5) is 14.5. The van der Waals surface area contributed by atoms with Gasteiger partial charge in [-0.25, -0.2) is 0 Å². The van der Waals surface area contributed by atoms with Gasteiger partial charge in [0, 0.05) is 24.7 Å². The third-order valence-electron chi connectivity index (χ3n) is 4.74. The van der Waals surface area contributed by atoms with E-state index in [1.54, 1.807) is 33.3 Å². The minimum atomic E-state index is 0.0199. The molecule has 0 N–H and O–H groups in total. The second kappa shape index (κ2) is 7.05. The van der Waals surface area contributed by atoms with Gasteiger partial charge in [-0.2, -0.15) is 0 Å². The molecule has 0 heterocycles. The summed E-state index contributed by atoms with van der Waals surface area (Å²) in [5.41, 5.74) is 1.97. The van der Waals surface area contributed by atoms with Gasteiger partial charge >= 0.3 is 0 Å². The van der Waals surface area contributed by atoms with E-state index in [9.17, 15) is 4.79 Å². The van der Waals surface area contributed by atoms with Gasteiger partial charge in [0.2, 0.25) is 5.91 Å². The first kappa shape index (κ1) is 17.1. The number of carbonyl (C=O) groups excluding carboxylic acids is 1. The second-order valence-corrected chi connectivity index (χ2v) is 6.16. The van der Waals surface area contributed by atoms with Crippen molar-refractivity contribution >= 4 is 11.6 Å². The molecule has 25 heavy (non-hydrogen) atoms. The summed E-state index contributed by atoms with van der Waals surface area (Å²) < 4.78 is 15.7. The van der Waals surface area contributed by atoms with Crippen molar-refractivity contribution in [1.29, 1.82) is 0 Å². The summed E-state index contributed by atoms with van der Waals surface area (Å²) in [7, 11) is 6.63. The molecule has 2 aromatic carbocycles. The summed E-state index contributed by atoms with van der Waals surface area (Å²) in [6.07, 6.45) is 0.878. The quantitative estimate of drug-likeness (QED) is 0.807. The Kier molecular flexibility index (Phi) is 4.83. The van der Waals surface area contributed by atoms with Gasteiger partial charge in [0.05, 0.1) is 21.3 Å². The second-order valence-electron chi connectivity index (χ2n) is 6.16. The van der Waals surface area contributed by atoms with Crippen molar-refractivity contribution in [3.8, 4) is 17.2 Å². The molecular weight excluding hydrogens is 318 g/mol. The van der Waals surface area contributed by atoms with Crippen LogP contribution in [0.15, 0.2) is 42.5 Å². The Morgan fingerprint density at radius 2 is 1.64 bits per heavy atom. The summed E-state index contributed by atoms with van der Waals surface area (Å²) in [6.45, 7) is 0. The van der Waals surface area contributed by atoms with Crippen molar-refractivity contribution < 1.29 is 19.0 Å². The summed E-state index contributed by atoms with van der Waals surface area (Å²) in [6, 6.07) is 13.4. The maximum atomic E-state index is 12.8. The molecule has 1 fully saturated rings. The van der Waals surface area contributed by atoms with Gasteiger partial charge in [-0.3, -0.25) is 4.79 Å². The minimum Gasteiger partial charge on any atom is -0.497 e. The highest BCUT2D eigenvalue weighted by Crippen LogP contribution is 2.49. The Morgan fingerprint density at radius 3 is 2.24 bits per heavy atom. The molecule has 5 heteroatoms. The predicted octanol–water partition coefficient (Wildman–Crippen LogP) is 3.48. The molecule has 2 aromatic rings. The number of hydrogen-bond donors (Lipinski definition) is 0. The Bertz CT molecular complexity index is 757. The summed E-state index contributed by atoms with van der Waals surface area (Å²) in [5.74, 6) is 2.51. The molecule has 1 amide bonds. The lowest BCUT2D eigenvalue weighted by molar-refractivity contribution is -0.119. The average molecular weight is 341 g/mol. The summed E-state index contributed by atoms with van der Waals surface area (Å²) >= 11 is 0. The van der Waals surface area contributed by atoms with Gasteiger partial charge in [-0.1, -0.05) is 12.1 Å². The van der Waals surface area contributed by atoms with Gasteiger partial charge in [0.1, 0.15) is 5.75 Å². The fourth-order valence-corrected chi connectivity index (χ4v) is 3.10. The van der Waals surface area contributed by atoms with Crippen LogP contribution in [0.2, 0.25) is 0 Å². The maximum absolute atomic E-state index is 12.8. The van der Waals surface area contributed by atoms with Crippen LogP contribution < -0.4 is 19.1 Å². The molecule has 2 atom stereocenters. The highest BCUT2D eigenvalue weighted by Gasteiger charge is 2.45. The van der Waals surface area contributed by atoms with E-state index < -0.39 is 0 Å². The highest BCUT2D eigenvalue weighted by atomic mass is 16.5. The molecule has 0 aliphatic heterocycles. The highest BCUT2D eigenvalue weighted by molar-refractivity contribution is 5.97. The fourth-order valence-electron chi connectivity index (χ4n) is 3.10. The largest absolute Gasteiger partial charge is 0.497 e. The fraction of sp³-hybridized carbons (Fsp3) is 0.350. The van der Waals surface area contributed by atoms with Crippen LogP contribution in [0.25, 0.3) is 0 Å². The SMILES string of the molecule is COc1ccc([C@H]2C[C@@H]2C(=O)N(C)c2ccc(OC)c(OC)c2)cc1. The molecule has 3 rings (SSSR count). The minimum absolute atomic E-state index is 0.0199.